The molecule has 1 aromatic carbocycles. The Labute approximate surface area is 94.8 Å². The summed E-state index contributed by atoms with van der Waals surface area (Å²) in [6.07, 6.45) is 1.04. The Kier molecular flexibility index (Phi) is 3.74. The summed E-state index contributed by atoms with van der Waals surface area (Å²) in [6.45, 7) is 2.13. The third kappa shape index (κ3) is 2.71. The first-order valence-electron chi connectivity index (χ1n) is 5.59. The molecule has 0 aliphatic carbocycles. The summed E-state index contributed by atoms with van der Waals surface area (Å²) in [5.74, 6) is 0.231. The number of benzene rings is 1. The zero-order valence-electron chi connectivity index (χ0n) is 9.16. The SMILES string of the molecule is NCC(Nc1ccc(F)cc1)C1CCOC1. The number of hydrogen-bond donors (Lipinski definition) is 2. The predicted molar refractivity (Wildman–Crippen MR) is 61.8 cm³/mol. The van der Waals surface area contributed by atoms with E-state index in [1.54, 1.807) is 12.1 Å². The van der Waals surface area contributed by atoms with E-state index in [0.29, 0.717) is 12.5 Å². The summed E-state index contributed by atoms with van der Waals surface area (Å²) in [5.41, 5.74) is 6.64. The number of anilines is 1. The highest BCUT2D eigenvalue weighted by Crippen LogP contribution is 2.20. The minimum atomic E-state index is -0.223. The molecule has 0 bridgehead atoms. The first kappa shape index (κ1) is 11.4. The summed E-state index contributed by atoms with van der Waals surface area (Å²) < 4.78 is 18.1. The molecule has 1 aliphatic heterocycles. The van der Waals surface area contributed by atoms with Gasteiger partial charge in [-0.05, 0) is 30.7 Å². The molecule has 1 fully saturated rings. The minimum absolute atomic E-state index is 0.202. The molecule has 2 atom stereocenters. The van der Waals surface area contributed by atoms with Crippen molar-refractivity contribution in [3.05, 3.63) is 30.1 Å². The van der Waals surface area contributed by atoms with Crippen molar-refractivity contribution in [2.75, 3.05) is 25.1 Å². The van der Waals surface area contributed by atoms with Gasteiger partial charge in [-0.25, -0.2) is 4.39 Å². The smallest absolute Gasteiger partial charge is 0.123 e. The van der Waals surface area contributed by atoms with Gasteiger partial charge in [-0.3, -0.25) is 0 Å². The van der Waals surface area contributed by atoms with E-state index in [-0.39, 0.29) is 11.9 Å². The predicted octanol–water partition coefficient (Wildman–Crippen LogP) is 1.60. The van der Waals surface area contributed by atoms with Crippen molar-refractivity contribution in [2.24, 2.45) is 11.7 Å². The van der Waals surface area contributed by atoms with Crippen LogP contribution in [0, 0.1) is 11.7 Å². The number of rotatable bonds is 4. The first-order chi connectivity index (χ1) is 7.79. The first-order valence-corrected chi connectivity index (χ1v) is 5.59. The van der Waals surface area contributed by atoms with Gasteiger partial charge in [0.25, 0.3) is 0 Å². The van der Waals surface area contributed by atoms with E-state index in [9.17, 15) is 4.39 Å². The lowest BCUT2D eigenvalue weighted by atomic mass is 9.99. The lowest BCUT2D eigenvalue weighted by Gasteiger charge is -2.23. The van der Waals surface area contributed by atoms with Gasteiger partial charge in [-0.15, -0.1) is 0 Å². The normalized spacial score (nSPS) is 22.0. The standard InChI is InChI=1S/C12H17FN2O/c13-10-1-3-11(4-2-10)15-12(7-14)9-5-6-16-8-9/h1-4,9,12,15H,5-8,14H2. The lowest BCUT2D eigenvalue weighted by Crippen LogP contribution is -2.36. The Morgan fingerprint density at radius 1 is 1.44 bits per heavy atom. The van der Waals surface area contributed by atoms with Gasteiger partial charge in [-0.1, -0.05) is 0 Å². The molecule has 1 aliphatic rings. The molecule has 2 unspecified atom stereocenters. The van der Waals surface area contributed by atoms with Crippen molar-refractivity contribution in [1.29, 1.82) is 0 Å². The minimum Gasteiger partial charge on any atom is -0.381 e. The van der Waals surface area contributed by atoms with Crippen LogP contribution in [-0.2, 0) is 4.74 Å². The maximum absolute atomic E-state index is 12.7. The molecular weight excluding hydrogens is 207 g/mol. The third-order valence-electron chi connectivity index (χ3n) is 2.98. The Balaban J connectivity index is 1.97. The Morgan fingerprint density at radius 2 is 2.19 bits per heavy atom. The van der Waals surface area contributed by atoms with Gasteiger partial charge in [0.2, 0.25) is 0 Å². The molecule has 16 heavy (non-hydrogen) atoms. The average molecular weight is 224 g/mol. The van der Waals surface area contributed by atoms with Gasteiger partial charge < -0.3 is 15.8 Å². The molecule has 1 saturated heterocycles. The Morgan fingerprint density at radius 3 is 2.75 bits per heavy atom. The number of ether oxygens (including phenoxy) is 1. The highest BCUT2D eigenvalue weighted by molar-refractivity contribution is 5.44. The van der Waals surface area contributed by atoms with Crippen LogP contribution in [-0.4, -0.2) is 25.8 Å². The fraction of sp³-hybridized carbons (Fsp3) is 0.500. The van der Waals surface area contributed by atoms with E-state index in [1.165, 1.54) is 12.1 Å². The lowest BCUT2D eigenvalue weighted by molar-refractivity contribution is 0.182. The van der Waals surface area contributed by atoms with Crippen molar-refractivity contribution in [3.8, 4) is 0 Å². The molecule has 4 heteroatoms. The summed E-state index contributed by atoms with van der Waals surface area (Å²) >= 11 is 0. The van der Waals surface area contributed by atoms with Gasteiger partial charge >= 0.3 is 0 Å². The van der Waals surface area contributed by atoms with Crippen molar-refractivity contribution >= 4 is 5.69 Å². The molecule has 1 heterocycles. The van der Waals surface area contributed by atoms with E-state index < -0.39 is 0 Å². The maximum Gasteiger partial charge on any atom is 0.123 e. The molecule has 3 nitrogen and oxygen atoms in total. The average Bonchev–Trinajstić information content (AvgIpc) is 2.82. The van der Waals surface area contributed by atoms with E-state index in [4.69, 9.17) is 10.5 Å². The fourth-order valence-corrected chi connectivity index (χ4v) is 2.00. The van der Waals surface area contributed by atoms with Crippen LogP contribution in [0.5, 0.6) is 0 Å². The van der Waals surface area contributed by atoms with Crippen LogP contribution in [0.1, 0.15) is 6.42 Å². The molecule has 0 saturated carbocycles. The summed E-state index contributed by atoms with van der Waals surface area (Å²) in [6, 6.07) is 6.55. The summed E-state index contributed by atoms with van der Waals surface area (Å²) in [5, 5.41) is 3.33. The zero-order chi connectivity index (χ0) is 11.4. The number of nitrogens with two attached hydrogens (primary N) is 1. The number of nitrogens with one attached hydrogen (secondary N) is 1. The second kappa shape index (κ2) is 5.27. The molecule has 2 rings (SSSR count). The Hall–Kier alpha value is -1.13. The number of hydrogen-bond acceptors (Lipinski definition) is 3. The van der Waals surface area contributed by atoms with Crippen LogP contribution in [0.25, 0.3) is 0 Å². The van der Waals surface area contributed by atoms with E-state index in [0.717, 1.165) is 25.3 Å². The van der Waals surface area contributed by atoms with Gasteiger partial charge in [0.15, 0.2) is 0 Å². The second-order valence-corrected chi connectivity index (χ2v) is 4.12. The largest absolute Gasteiger partial charge is 0.381 e. The maximum atomic E-state index is 12.7. The molecular formula is C12H17FN2O. The monoisotopic (exact) mass is 224 g/mol. The van der Waals surface area contributed by atoms with Crippen molar-refractivity contribution in [3.63, 3.8) is 0 Å². The van der Waals surface area contributed by atoms with Gasteiger partial charge in [0.1, 0.15) is 5.82 Å². The second-order valence-electron chi connectivity index (χ2n) is 4.12. The molecule has 0 radical (unpaired) electrons. The highest BCUT2D eigenvalue weighted by Gasteiger charge is 2.24. The molecule has 0 amide bonds. The molecule has 88 valence electrons. The fourth-order valence-electron chi connectivity index (χ4n) is 2.00. The molecule has 0 spiro atoms. The molecule has 1 aromatic rings. The summed E-state index contributed by atoms with van der Waals surface area (Å²) in [7, 11) is 0. The topological polar surface area (TPSA) is 47.3 Å². The Bertz CT molecular complexity index is 322. The number of halogens is 1. The van der Waals surface area contributed by atoms with Crippen LogP contribution < -0.4 is 11.1 Å². The van der Waals surface area contributed by atoms with Crippen LogP contribution in [0.2, 0.25) is 0 Å². The van der Waals surface area contributed by atoms with Crippen LogP contribution in [0.15, 0.2) is 24.3 Å². The molecule has 0 aromatic heterocycles. The zero-order valence-corrected chi connectivity index (χ0v) is 9.16. The van der Waals surface area contributed by atoms with E-state index in [2.05, 4.69) is 5.32 Å². The third-order valence-corrected chi connectivity index (χ3v) is 2.98. The quantitative estimate of drug-likeness (QED) is 0.816. The van der Waals surface area contributed by atoms with Gasteiger partial charge in [0, 0.05) is 30.8 Å². The van der Waals surface area contributed by atoms with E-state index in [1.807, 2.05) is 0 Å². The van der Waals surface area contributed by atoms with Gasteiger partial charge in [-0.2, -0.15) is 0 Å². The van der Waals surface area contributed by atoms with E-state index >= 15 is 0 Å². The van der Waals surface area contributed by atoms with Crippen molar-refractivity contribution in [2.45, 2.75) is 12.5 Å². The molecule has 3 N–H and O–H groups in total. The highest BCUT2D eigenvalue weighted by atomic mass is 19.1. The van der Waals surface area contributed by atoms with Gasteiger partial charge in [0.05, 0.1) is 6.61 Å². The van der Waals surface area contributed by atoms with Crippen molar-refractivity contribution in [1.82, 2.24) is 0 Å². The van der Waals surface area contributed by atoms with Crippen molar-refractivity contribution < 1.29 is 9.13 Å². The van der Waals surface area contributed by atoms with Crippen LogP contribution in [0.3, 0.4) is 0 Å². The van der Waals surface area contributed by atoms with Crippen LogP contribution >= 0.6 is 0 Å². The summed E-state index contributed by atoms with van der Waals surface area (Å²) in [4.78, 5) is 0. The van der Waals surface area contributed by atoms with Crippen LogP contribution in [0.4, 0.5) is 10.1 Å².